The smallest absolute Gasteiger partial charge is 0.303 e. The van der Waals surface area contributed by atoms with Gasteiger partial charge < -0.3 is 9.84 Å². The summed E-state index contributed by atoms with van der Waals surface area (Å²) in [6, 6.07) is 7.60. The van der Waals surface area contributed by atoms with Gasteiger partial charge >= 0.3 is 5.97 Å². The van der Waals surface area contributed by atoms with Crippen molar-refractivity contribution >= 4 is 5.97 Å². The minimum Gasteiger partial charge on any atom is -0.495 e. The normalized spacial score (nSPS) is 15.6. The highest BCUT2D eigenvalue weighted by atomic mass is 16.5. The highest BCUT2D eigenvalue weighted by Gasteiger charge is 2.28. The Labute approximate surface area is 112 Å². The van der Waals surface area contributed by atoms with Crippen LogP contribution in [0.25, 0.3) is 0 Å². The van der Waals surface area contributed by atoms with Crippen molar-refractivity contribution in [2.45, 2.75) is 13.0 Å². The van der Waals surface area contributed by atoms with Crippen molar-refractivity contribution in [2.24, 2.45) is 5.92 Å². The monoisotopic (exact) mass is 260 g/mol. The topological polar surface area (TPSA) is 73.6 Å². The zero-order valence-electron chi connectivity index (χ0n) is 10.8. The van der Waals surface area contributed by atoms with E-state index >= 15 is 0 Å². The zero-order chi connectivity index (χ0) is 13.8. The Bertz CT molecular complexity index is 516. The average molecular weight is 260 g/mol. The molecule has 0 bridgehead atoms. The summed E-state index contributed by atoms with van der Waals surface area (Å²) in [6.07, 6.45) is 0.243. The molecule has 1 aliphatic heterocycles. The molecule has 1 N–H and O–H groups in total. The maximum absolute atomic E-state index is 10.6. The van der Waals surface area contributed by atoms with Gasteiger partial charge in [0.05, 0.1) is 19.1 Å². The molecular weight excluding hydrogens is 244 g/mol. The minimum atomic E-state index is -0.732. The Morgan fingerprint density at radius 3 is 2.89 bits per heavy atom. The molecule has 0 aromatic heterocycles. The summed E-state index contributed by atoms with van der Waals surface area (Å²) in [5.41, 5.74) is 1.60. The first-order valence-corrected chi connectivity index (χ1v) is 6.13. The van der Waals surface area contributed by atoms with Gasteiger partial charge in [0.15, 0.2) is 0 Å². The Morgan fingerprint density at radius 2 is 2.32 bits per heavy atom. The van der Waals surface area contributed by atoms with Crippen LogP contribution in [0.3, 0.4) is 0 Å². The first kappa shape index (κ1) is 13.4. The third-order valence-electron chi connectivity index (χ3n) is 3.29. The van der Waals surface area contributed by atoms with Crippen molar-refractivity contribution in [1.29, 1.82) is 5.26 Å². The second kappa shape index (κ2) is 5.72. The summed E-state index contributed by atoms with van der Waals surface area (Å²) >= 11 is 0. The van der Waals surface area contributed by atoms with Crippen molar-refractivity contribution in [3.63, 3.8) is 0 Å². The van der Waals surface area contributed by atoms with Crippen molar-refractivity contribution < 1.29 is 14.6 Å². The first-order chi connectivity index (χ1) is 9.12. The molecule has 1 heterocycles. The lowest BCUT2D eigenvalue weighted by molar-refractivity contribution is -0.139. The molecule has 1 fully saturated rings. The van der Waals surface area contributed by atoms with Crippen molar-refractivity contribution in [3.8, 4) is 11.8 Å². The molecule has 0 radical (unpaired) electrons. The second-order valence-corrected chi connectivity index (χ2v) is 4.80. The lowest BCUT2D eigenvalue weighted by atomic mass is 9.95. The molecule has 1 aromatic rings. The predicted octanol–water partition coefficient (Wildman–Crippen LogP) is 1.47. The molecule has 2 rings (SSSR count). The quantitative estimate of drug-likeness (QED) is 0.868. The molecule has 19 heavy (non-hydrogen) atoms. The summed E-state index contributed by atoms with van der Waals surface area (Å²) in [5, 5.41) is 17.6. The van der Waals surface area contributed by atoms with E-state index in [0.717, 1.165) is 25.2 Å². The molecule has 0 saturated carbocycles. The van der Waals surface area contributed by atoms with Gasteiger partial charge in [0.2, 0.25) is 0 Å². The second-order valence-electron chi connectivity index (χ2n) is 4.80. The fourth-order valence-corrected chi connectivity index (χ4v) is 2.37. The third-order valence-corrected chi connectivity index (χ3v) is 3.29. The molecule has 0 spiro atoms. The molecule has 1 aliphatic rings. The summed E-state index contributed by atoms with van der Waals surface area (Å²) in [4.78, 5) is 12.7. The molecule has 0 amide bonds. The van der Waals surface area contributed by atoms with Gasteiger partial charge in [-0.15, -0.1) is 0 Å². The molecule has 100 valence electrons. The summed E-state index contributed by atoms with van der Waals surface area (Å²) in [7, 11) is 1.55. The maximum Gasteiger partial charge on any atom is 0.303 e. The predicted molar refractivity (Wildman–Crippen MR) is 68.7 cm³/mol. The molecule has 1 saturated heterocycles. The van der Waals surface area contributed by atoms with E-state index in [-0.39, 0.29) is 12.3 Å². The van der Waals surface area contributed by atoms with Gasteiger partial charge in [-0.1, -0.05) is 6.07 Å². The van der Waals surface area contributed by atoms with Gasteiger partial charge in [-0.25, -0.2) is 0 Å². The highest BCUT2D eigenvalue weighted by molar-refractivity contribution is 5.67. The van der Waals surface area contributed by atoms with Crippen molar-refractivity contribution in [3.05, 3.63) is 29.3 Å². The number of rotatable bonds is 5. The van der Waals surface area contributed by atoms with Crippen LogP contribution in [0, 0.1) is 17.2 Å². The number of benzene rings is 1. The highest BCUT2D eigenvalue weighted by Crippen LogP contribution is 2.24. The molecule has 5 nitrogen and oxygen atoms in total. The molecule has 0 atom stereocenters. The number of carboxylic acids is 1. The summed E-state index contributed by atoms with van der Waals surface area (Å²) in [6.45, 7) is 2.39. The molecule has 0 aliphatic carbocycles. The lowest BCUT2D eigenvalue weighted by Crippen LogP contribution is -2.46. The van der Waals surface area contributed by atoms with E-state index in [1.807, 2.05) is 12.1 Å². The number of carboxylic acid groups (broad SMARTS) is 1. The largest absolute Gasteiger partial charge is 0.495 e. The number of nitrogens with zero attached hydrogens (tertiary/aromatic N) is 2. The molecule has 1 aromatic carbocycles. The van der Waals surface area contributed by atoms with E-state index < -0.39 is 5.97 Å². The van der Waals surface area contributed by atoms with Crippen LogP contribution in [-0.4, -0.2) is 36.2 Å². The van der Waals surface area contributed by atoms with Crippen LogP contribution in [0.4, 0.5) is 0 Å². The number of nitriles is 1. The van der Waals surface area contributed by atoms with Gasteiger partial charge in [0.1, 0.15) is 11.8 Å². The number of hydrogen-bond acceptors (Lipinski definition) is 4. The standard InChI is InChI=1S/C14H16N2O3/c1-19-13-4-10(2-3-12(13)6-15)7-16-8-11(9-16)5-14(17)18/h2-4,11H,5,7-9H2,1H3,(H,17,18). The van der Waals surface area contributed by atoms with E-state index in [1.165, 1.54) is 0 Å². The SMILES string of the molecule is COc1cc(CN2CC(CC(=O)O)C2)ccc1C#N. The van der Waals surface area contributed by atoms with Crippen LogP contribution >= 0.6 is 0 Å². The number of aliphatic carboxylic acids is 1. The van der Waals surface area contributed by atoms with E-state index in [0.29, 0.717) is 11.3 Å². The Hall–Kier alpha value is -2.06. The van der Waals surface area contributed by atoms with Crippen LogP contribution < -0.4 is 4.74 Å². The van der Waals surface area contributed by atoms with Gasteiger partial charge in [0, 0.05) is 19.6 Å². The fourth-order valence-electron chi connectivity index (χ4n) is 2.37. The van der Waals surface area contributed by atoms with Gasteiger partial charge in [0.25, 0.3) is 0 Å². The number of ether oxygens (including phenoxy) is 1. The summed E-state index contributed by atoms with van der Waals surface area (Å²) < 4.78 is 5.17. The molecule has 5 heteroatoms. The number of hydrogen-bond donors (Lipinski definition) is 1. The van der Waals surface area contributed by atoms with Gasteiger partial charge in [-0.3, -0.25) is 9.69 Å². The average Bonchev–Trinajstić information content (AvgIpc) is 2.35. The number of likely N-dealkylation sites (tertiary alicyclic amines) is 1. The van der Waals surface area contributed by atoms with E-state index in [2.05, 4.69) is 11.0 Å². The van der Waals surface area contributed by atoms with Crippen molar-refractivity contribution in [1.82, 2.24) is 4.90 Å². The number of methoxy groups -OCH3 is 1. The summed E-state index contributed by atoms with van der Waals surface area (Å²) in [5.74, 6) is 0.116. The minimum absolute atomic E-state index is 0.243. The van der Waals surface area contributed by atoms with Crippen LogP contribution in [0.2, 0.25) is 0 Å². The Balaban J connectivity index is 1.91. The van der Waals surface area contributed by atoms with Gasteiger partial charge in [-0.05, 0) is 23.6 Å². The van der Waals surface area contributed by atoms with Crippen LogP contribution in [0.15, 0.2) is 18.2 Å². The maximum atomic E-state index is 10.6. The van der Waals surface area contributed by atoms with Gasteiger partial charge in [-0.2, -0.15) is 5.26 Å². The van der Waals surface area contributed by atoms with E-state index in [4.69, 9.17) is 15.1 Å². The van der Waals surface area contributed by atoms with Crippen LogP contribution in [-0.2, 0) is 11.3 Å². The van der Waals surface area contributed by atoms with Crippen LogP contribution in [0.5, 0.6) is 5.75 Å². The van der Waals surface area contributed by atoms with Crippen molar-refractivity contribution in [2.75, 3.05) is 20.2 Å². The first-order valence-electron chi connectivity index (χ1n) is 6.13. The fraction of sp³-hybridized carbons (Fsp3) is 0.429. The van der Waals surface area contributed by atoms with E-state index in [1.54, 1.807) is 13.2 Å². The number of carbonyl (C=O) groups is 1. The lowest BCUT2D eigenvalue weighted by Gasteiger charge is -2.38. The molecular formula is C14H16N2O3. The van der Waals surface area contributed by atoms with E-state index in [9.17, 15) is 4.79 Å². The zero-order valence-corrected chi connectivity index (χ0v) is 10.8. The molecule has 0 unspecified atom stereocenters. The van der Waals surface area contributed by atoms with Crippen LogP contribution in [0.1, 0.15) is 17.5 Å². The Morgan fingerprint density at radius 1 is 1.58 bits per heavy atom. The Kier molecular flexibility index (Phi) is 4.03. The third kappa shape index (κ3) is 3.24.